The normalized spacial score (nSPS) is 17.8. The Bertz CT molecular complexity index is 503. The monoisotopic (exact) mass is 284 g/mol. The van der Waals surface area contributed by atoms with E-state index in [1.165, 1.54) is 12.1 Å². The van der Waals surface area contributed by atoms with E-state index in [1.807, 2.05) is 0 Å². The number of hydrogen-bond donors (Lipinski definition) is 1. The van der Waals surface area contributed by atoms with E-state index in [0.29, 0.717) is 31.7 Å². The molecule has 20 heavy (non-hydrogen) atoms. The van der Waals surface area contributed by atoms with Gasteiger partial charge in [-0.25, -0.2) is 4.39 Å². The summed E-state index contributed by atoms with van der Waals surface area (Å²) in [5.74, 6) is -0.667. The number of nitrogens with zero attached hydrogens (tertiary/aromatic N) is 2. The lowest BCUT2D eigenvalue weighted by atomic mass is 9.94. The predicted molar refractivity (Wildman–Crippen MR) is 71.3 cm³/mol. The van der Waals surface area contributed by atoms with Crippen LogP contribution in [0.2, 0.25) is 0 Å². The standard InChI is InChI=1S/C13H17FN2O4/c1-15(9-13(17)2-4-20-5-3-13)11-6-10(14)7-12(8-11)16(18)19/h6-8,17H,2-5,9H2,1H3. The number of non-ortho nitro benzene ring substituents is 1. The Kier molecular flexibility index (Phi) is 4.20. The zero-order valence-corrected chi connectivity index (χ0v) is 11.2. The summed E-state index contributed by atoms with van der Waals surface area (Å²) in [4.78, 5) is 11.7. The summed E-state index contributed by atoms with van der Waals surface area (Å²) >= 11 is 0. The molecule has 1 aliphatic rings. The van der Waals surface area contributed by atoms with Crippen LogP contribution in [0.15, 0.2) is 18.2 Å². The van der Waals surface area contributed by atoms with Gasteiger partial charge in [0.15, 0.2) is 0 Å². The van der Waals surface area contributed by atoms with Crippen molar-refractivity contribution in [3.05, 3.63) is 34.1 Å². The first kappa shape index (κ1) is 14.7. The minimum absolute atomic E-state index is 0.275. The summed E-state index contributed by atoms with van der Waals surface area (Å²) < 4.78 is 18.6. The molecule has 0 aromatic heterocycles. The highest BCUT2D eigenvalue weighted by Crippen LogP contribution is 2.27. The van der Waals surface area contributed by atoms with Crippen LogP contribution in [0.3, 0.4) is 0 Å². The number of likely N-dealkylation sites (N-methyl/N-ethyl adjacent to an activating group) is 1. The molecule has 0 aliphatic carbocycles. The van der Waals surface area contributed by atoms with Gasteiger partial charge in [-0.2, -0.15) is 0 Å². The minimum Gasteiger partial charge on any atom is -0.388 e. The Morgan fingerprint density at radius 3 is 2.70 bits per heavy atom. The fourth-order valence-corrected chi connectivity index (χ4v) is 2.33. The summed E-state index contributed by atoms with van der Waals surface area (Å²) in [6.45, 7) is 1.23. The van der Waals surface area contributed by atoms with Crippen LogP contribution in [0.5, 0.6) is 0 Å². The van der Waals surface area contributed by atoms with Gasteiger partial charge in [0.2, 0.25) is 0 Å². The number of halogens is 1. The molecule has 1 fully saturated rings. The third-order valence-corrected chi connectivity index (χ3v) is 3.47. The molecular weight excluding hydrogens is 267 g/mol. The van der Waals surface area contributed by atoms with Crippen molar-refractivity contribution in [1.29, 1.82) is 0 Å². The molecule has 1 N–H and O–H groups in total. The second-order valence-corrected chi connectivity index (χ2v) is 5.12. The van der Waals surface area contributed by atoms with E-state index in [-0.39, 0.29) is 12.2 Å². The van der Waals surface area contributed by atoms with Gasteiger partial charge in [0.1, 0.15) is 5.82 Å². The smallest absolute Gasteiger partial charge is 0.274 e. The summed E-state index contributed by atoms with van der Waals surface area (Å²) in [6, 6.07) is 3.39. The minimum atomic E-state index is -0.909. The first-order valence-electron chi connectivity index (χ1n) is 6.36. The molecule has 110 valence electrons. The number of nitro groups is 1. The molecule has 6 nitrogen and oxygen atoms in total. The molecule has 1 aliphatic heterocycles. The Labute approximate surface area is 115 Å². The Hall–Kier alpha value is -1.73. The largest absolute Gasteiger partial charge is 0.388 e. The highest BCUT2D eigenvalue weighted by Gasteiger charge is 2.31. The van der Waals surface area contributed by atoms with Crippen LogP contribution in [0.1, 0.15) is 12.8 Å². The first-order chi connectivity index (χ1) is 9.39. The van der Waals surface area contributed by atoms with Crippen molar-refractivity contribution in [2.45, 2.75) is 18.4 Å². The van der Waals surface area contributed by atoms with Gasteiger partial charge in [-0.05, 0) is 6.07 Å². The molecule has 0 saturated carbocycles. The summed E-state index contributed by atoms with van der Waals surface area (Å²) in [6.07, 6.45) is 0.990. The van der Waals surface area contributed by atoms with Crippen LogP contribution in [0, 0.1) is 15.9 Å². The Morgan fingerprint density at radius 1 is 1.45 bits per heavy atom. The van der Waals surface area contributed by atoms with Crippen LogP contribution < -0.4 is 4.90 Å². The molecule has 2 rings (SSSR count). The highest BCUT2D eigenvalue weighted by molar-refractivity contribution is 5.53. The van der Waals surface area contributed by atoms with Crippen molar-refractivity contribution in [2.75, 3.05) is 31.7 Å². The molecule has 0 bridgehead atoms. The lowest BCUT2D eigenvalue weighted by Gasteiger charge is -2.36. The maximum atomic E-state index is 13.4. The van der Waals surface area contributed by atoms with E-state index < -0.39 is 16.3 Å². The lowest BCUT2D eigenvalue weighted by molar-refractivity contribution is -0.385. The second-order valence-electron chi connectivity index (χ2n) is 5.12. The quantitative estimate of drug-likeness (QED) is 0.673. The van der Waals surface area contributed by atoms with Crippen LogP contribution in [0.4, 0.5) is 15.8 Å². The fraction of sp³-hybridized carbons (Fsp3) is 0.538. The SMILES string of the molecule is CN(CC1(O)CCOCC1)c1cc(F)cc([N+](=O)[O-])c1. The number of rotatable bonds is 4. The van der Waals surface area contributed by atoms with E-state index in [2.05, 4.69) is 0 Å². The number of ether oxygens (including phenoxy) is 1. The second kappa shape index (κ2) is 5.72. The van der Waals surface area contributed by atoms with Crippen molar-refractivity contribution in [2.24, 2.45) is 0 Å². The van der Waals surface area contributed by atoms with E-state index in [9.17, 15) is 19.6 Å². The van der Waals surface area contributed by atoms with Crippen molar-refractivity contribution in [3.63, 3.8) is 0 Å². The van der Waals surface area contributed by atoms with Crippen LogP contribution in [-0.4, -0.2) is 42.4 Å². The first-order valence-corrected chi connectivity index (χ1v) is 6.36. The molecule has 0 unspecified atom stereocenters. The average Bonchev–Trinajstić information content (AvgIpc) is 2.38. The average molecular weight is 284 g/mol. The van der Waals surface area contributed by atoms with E-state index in [1.54, 1.807) is 11.9 Å². The molecular formula is C13H17FN2O4. The zero-order valence-electron chi connectivity index (χ0n) is 11.2. The highest BCUT2D eigenvalue weighted by atomic mass is 19.1. The van der Waals surface area contributed by atoms with Crippen LogP contribution >= 0.6 is 0 Å². The van der Waals surface area contributed by atoms with Gasteiger partial charge in [0.25, 0.3) is 5.69 Å². The summed E-state index contributed by atoms with van der Waals surface area (Å²) in [5, 5.41) is 21.1. The van der Waals surface area contributed by atoms with E-state index >= 15 is 0 Å². The summed E-state index contributed by atoms with van der Waals surface area (Å²) in [5.41, 5.74) is -0.837. The molecule has 7 heteroatoms. The van der Waals surface area contributed by atoms with Gasteiger partial charge in [0.05, 0.1) is 16.6 Å². The lowest BCUT2D eigenvalue weighted by Crippen LogP contribution is -2.45. The number of aliphatic hydroxyl groups is 1. The molecule has 0 atom stereocenters. The number of anilines is 1. The van der Waals surface area contributed by atoms with Gasteiger partial charge in [-0.15, -0.1) is 0 Å². The van der Waals surface area contributed by atoms with Gasteiger partial charge in [-0.3, -0.25) is 10.1 Å². The van der Waals surface area contributed by atoms with Gasteiger partial charge >= 0.3 is 0 Å². The van der Waals surface area contributed by atoms with Crippen molar-refractivity contribution >= 4 is 11.4 Å². The van der Waals surface area contributed by atoms with E-state index in [4.69, 9.17) is 4.74 Å². The Morgan fingerprint density at radius 2 is 2.10 bits per heavy atom. The van der Waals surface area contributed by atoms with Crippen LogP contribution in [-0.2, 0) is 4.74 Å². The fourth-order valence-electron chi connectivity index (χ4n) is 2.33. The molecule has 1 heterocycles. The van der Waals surface area contributed by atoms with Gasteiger partial charge in [-0.1, -0.05) is 0 Å². The summed E-state index contributed by atoms with van der Waals surface area (Å²) in [7, 11) is 1.67. The molecule has 0 radical (unpaired) electrons. The molecule has 0 spiro atoms. The third-order valence-electron chi connectivity index (χ3n) is 3.47. The molecule has 0 amide bonds. The molecule has 1 aromatic rings. The van der Waals surface area contributed by atoms with Crippen molar-refractivity contribution in [3.8, 4) is 0 Å². The number of hydrogen-bond acceptors (Lipinski definition) is 5. The van der Waals surface area contributed by atoms with Gasteiger partial charge < -0.3 is 14.7 Å². The maximum absolute atomic E-state index is 13.4. The van der Waals surface area contributed by atoms with Crippen molar-refractivity contribution in [1.82, 2.24) is 0 Å². The third kappa shape index (κ3) is 3.43. The van der Waals surface area contributed by atoms with Gasteiger partial charge in [0, 0.05) is 51.4 Å². The molecule has 1 aromatic carbocycles. The Balaban J connectivity index is 2.16. The number of benzene rings is 1. The predicted octanol–water partition coefficient (Wildman–Crippen LogP) is 1.71. The van der Waals surface area contributed by atoms with Crippen LogP contribution in [0.25, 0.3) is 0 Å². The van der Waals surface area contributed by atoms with Crippen molar-refractivity contribution < 1.29 is 19.2 Å². The number of nitro benzene ring substituents is 1. The van der Waals surface area contributed by atoms with E-state index in [0.717, 1.165) is 6.07 Å². The molecule has 1 saturated heterocycles. The maximum Gasteiger partial charge on any atom is 0.274 e. The topological polar surface area (TPSA) is 75.8 Å². The zero-order chi connectivity index (χ0) is 14.8.